The van der Waals surface area contributed by atoms with E-state index >= 15 is 0 Å². The first-order chi connectivity index (χ1) is 5.12. The zero-order valence-corrected chi connectivity index (χ0v) is 12.9. The van der Waals surface area contributed by atoms with Crippen molar-refractivity contribution in [3.05, 3.63) is 0 Å². The molecule has 0 saturated carbocycles. The van der Waals surface area contributed by atoms with E-state index < -0.39 is 20.2 Å². The fourth-order valence-corrected chi connectivity index (χ4v) is 0. The average Bonchev–Trinajstić information content (AvgIpc) is 1.86. The van der Waals surface area contributed by atoms with E-state index in [1.807, 2.05) is 0 Å². The Hall–Kier alpha value is 1.17. The average molecular weight is 277 g/mol. The maximum atomic E-state index is 9.56. The minimum Gasteiger partial charge on any atom is -0.286 e. The van der Waals surface area contributed by atoms with E-state index in [0.717, 1.165) is 0 Å². The van der Waals surface area contributed by atoms with Crippen LogP contribution in [0.4, 0.5) is 0 Å². The van der Waals surface area contributed by atoms with Crippen molar-refractivity contribution in [1.29, 1.82) is 0 Å². The summed E-state index contributed by atoms with van der Waals surface area (Å²) in [7, 11) is -7.32. The first-order valence-electron chi connectivity index (χ1n) is 3.02. The molecule has 0 fully saturated rings. The molecule has 2 N–H and O–H groups in total. The van der Waals surface area contributed by atoms with Gasteiger partial charge in [-0.1, -0.05) is 0 Å². The molecule has 0 saturated heterocycles. The van der Waals surface area contributed by atoms with Crippen LogP contribution < -0.4 is 0 Å². The van der Waals surface area contributed by atoms with Crippen LogP contribution in [0.25, 0.3) is 0 Å². The Kier molecular flexibility index (Phi) is 18.6. The van der Waals surface area contributed by atoms with Gasteiger partial charge < -0.3 is 0 Å². The van der Waals surface area contributed by atoms with Gasteiger partial charge in [0.25, 0.3) is 20.2 Å². The van der Waals surface area contributed by atoms with Crippen molar-refractivity contribution in [2.24, 2.45) is 0 Å². The van der Waals surface area contributed by atoms with Crippen LogP contribution in [0, 0.1) is 0 Å². The van der Waals surface area contributed by atoms with E-state index in [1.54, 1.807) is 0 Å². The Bertz CT molecular complexity index is 261. The van der Waals surface area contributed by atoms with Gasteiger partial charge in [0, 0.05) is 29.6 Å². The number of rotatable bonds is 2. The van der Waals surface area contributed by atoms with Crippen LogP contribution in [-0.2, 0) is 20.2 Å². The summed E-state index contributed by atoms with van der Waals surface area (Å²) in [5.41, 5.74) is 0. The Labute approximate surface area is 114 Å². The molecular formula is C4H14NaO6S3. The summed E-state index contributed by atoms with van der Waals surface area (Å²) in [6, 6.07) is 0. The molecule has 14 heavy (non-hydrogen) atoms. The summed E-state index contributed by atoms with van der Waals surface area (Å²) >= 11 is 0. The van der Waals surface area contributed by atoms with Gasteiger partial charge >= 0.3 is 0 Å². The van der Waals surface area contributed by atoms with Gasteiger partial charge in [-0.3, -0.25) is 9.11 Å². The molecule has 0 spiro atoms. The summed E-state index contributed by atoms with van der Waals surface area (Å²) < 4.78 is 53.8. The van der Waals surface area contributed by atoms with Crippen LogP contribution in [0.2, 0.25) is 0 Å². The molecule has 0 bridgehead atoms. The SMILES string of the molecule is CCS(=O)(=O)O.CCS(=O)(=O)O.S.[Na]. The minimum absolute atomic E-state index is 0. The Morgan fingerprint density at radius 2 is 0.929 bits per heavy atom. The molecule has 0 rings (SSSR count). The normalized spacial score (nSPS) is 10.0. The number of hydrogen-bond acceptors (Lipinski definition) is 4. The van der Waals surface area contributed by atoms with Crippen LogP contribution >= 0.6 is 13.5 Å². The van der Waals surface area contributed by atoms with Gasteiger partial charge in [-0.2, -0.15) is 30.3 Å². The summed E-state index contributed by atoms with van der Waals surface area (Å²) in [4.78, 5) is 0. The van der Waals surface area contributed by atoms with E-state index in [2.05, 4.69) is 0 Å². The monoisotopic (exact) mass is 277 g/mol. The molecule has 1 radical (unpaired) electrons. The predicted octanol–water partition coefficient (Wildman–Crippen LogP) is -0.480. The smallest absolute Gasteiger partial charge is 0.264 e. The largest absolute Gasteiger partial charge is 0.286 e. The molecule has 0 atom stereocenters. The second kappa shape index (κ2) is 10.7. The molecular weight excluding hydrogens is 263 g/mol. The first-order valence-corrected chi connectivity index (χ1v) is 6.24. The van der Waals surface area contributed by atoms with E-state index in [1.165, 1.54) is 13.8 Å². The van der Waals surface area contributed by atoms with Crippen molar-refractivity contribution in [2.75, 3.05) is 11.5 Å². The van der Waals surface area contributed by atoms with Crippen LogP contribution in [0.1, 0.15) is 13.8 Å². The van der Waals surface area contributed by atoms with Gasteiger partial charge in [0.05, 0.1) is 11.5 Å². The van der Waals surface area contributed by atoms with Gasteiger partial charge in [0.15, 0.2) is 0 Å². The van der Waals surface area contributed by atoms with Crippen molar-refractivity contribution in [1.82, 2.24) is 0 Å². The zero-order valence-electron chi connectivity index (χ0n) is 8.26. The van der Waals surface area contributed by atoms with E-state index in [4.69, 9.17) is 9.11 Å². The van der Waals surface area contributed by atoms with Gasteiger partial charge in [-0.25, -0.2) is 0 Å². The molecule has 0 amide bonds. The predicted molar refractivity (Wildman–Crippen MR) is 60.3 cm³/mol. The van der Waals surface area contributed by atoms with Gasteiger partial charge in [-0.05, 0) is 13.8 Å². The minimum atomic E-state index is -3.66. The fourth-order valence-electron chi connectivity index (χ4n) is 0. The molecule has 0 aliphatic rings. The summed E-state index contributed by atoms with van der Waals surface area (Å²) in [6.45, 7) is 2.74. The summed E-state index contributed by atoms with van der Waals surface area (Å²) in [5, 5.41) is 0. The molecule has 85 valence electrons. The Morgan fingerprint density at radius 3 is 0.929 bits per heavy atom. The molecule has 0 aromatic heterocycles. The zero-order chi connectivity index (χ0) is 10.4. The summed E-state index contributed by atoms with van der Waals surface area (Å²) in [5.74, 6) is -0.403. The molecule has 0 aromatic rings. The third-order valence-electron chi connectivity index (χ3n) is 0.730. The van der Waals surface area contributed by atoms with Crippen LogP contribution in [0.3, 0.4) is 0 Å². The third-order valence-corrected chi connectivity index (χ3v) is 2.19. The quantitative estimate of drug-likeness (QED) is 0.521. The van der Waals surface area contributed by atoms with Crippen LogP contribution in [0.5, 0.6) is 0 Å². The van der Waals surface area contributed by atoms with Gasteiger partial charge in [0.1, 0.15) is 0 Å². The maximum Gasteiger partial charge on any atom is 0.264 e. The maximum absolute atomic E-state index is 9.56. The van der Waals surface area contributed by atoms with Gasteiger partial charge in [0.2, 0.25) is 0 Å². The topological polar surface area (TPSA) is 109 Å². The molecule has 6 nitrogen and oxygen atoms in total. The molecule has 0 aliphatic heterocycles. The Balaban J connectivity index is -0.0000000625. The fraction of sp³-hybridized carbons (Fsp3) is 1.00. The standard InChI is InChI=1S/2C2H6O3S.Na.H2S/c2*1-2-6(3,4)5;;/h2*2H2,1H3,(H,3,4,5);;1H2. The van der Waals surface area contributed by atoms with Crippen molar-refractivity contribution in [3.8, 4) is 0 Å². The van der Waals surface area contributed by atoms with E-state index in [-0.39, 0.29) is 54.6 Å². The Morgan fingerprint density at radius 1 is 0.857 bits per heavy atom. The van der Waals surface area contributed by atoms with E-state index in [9.17, 15) is 16.8 Å². The summed E-state index contributed by atoms with van der Waals surface area (Å²) in [6.07, 6.45) is 0. The second-order valence-electron chi connectivity index (χ2n) is 1.74. The van der Waals surface area contributed by atoms with Crippen molar-refractivity contribution >= 4 is 63.3 Å². The van der Waals surface area contributed by atoms with Crippen LogP contribution in [0.15, 0.2) is 0 Å². The molecule has 0 aromatic carbocycles. The second-order valence-corrected chi connectivity index (χ2v) is 5.22. The van der Waals surface area contributed by atoms with Gasteiger partial charge in [-0.15, -0.1) is 0 Å². The first kappa shape index (κ1) is 24.4. The third kappa shape index (κ3) is 37.9. The molecule has 0 aliphatic carbocycles. The van der Waals surface area contributed by atoms with Crippen molar-refractivity contribution in [3.63, 3.8) is 0 Å². The van der Waals surface area contributed by atoms with E-state index in [0.29, 0.717) is 0 Å². The molecule has 10 heteroatoms. The molecule has 0 heterocycles. The number of hydrogen-bond donors (Lipinski definition) is 2. The molecule has 0 unspecified atom stereocenters. The van der Waals surface area contributed by atoms with Crippen molar-refractivity contribution in [2.45, 2.75) is 13.8 Å². The van der Waals surface area contributed by atoms with Crippen LogP contribution in [-0.4, -0.2) is 67.0 Å². The van der Waals surface area contributed by atoms with Crippen molar-refractivity contribution < 1.29 is 25.9 Å².